The number of carbonyl (C=O) groups is 1. The van der Waals surface area contributed by atoms with E-state index in [0.29, 0.717) is 11.3 Å². The fourth-order valence-corrected chi connectivity index (χ4v) is 2.49. The minimum Gasteiger partial charge on any atom is -0.478 e. The van der Waals surface area contributed by atoms with Crippen LogP contribution < -0.4 is 0 Å². The molecule has 4 heteroatoms. The molecule has 0 saturated carbocycles. The van der Waals surface area contributed by atoms with Crippen LogP contribution in [0.4, 0.5) is 0 Å². The summed E-state index contributed by atoms with van der Waals surface area (Å²) in [5.41, 5.74) is 3.82. The first-order chi connectivity index (χ1) is 9.82. The molecule has 0 spiro atoms. The van der Waals surface area contributed by atoms with Crippen LogP contribution in [0.2, 0.25) is 0 Å². The largest absolute Gasteiger partial charge is 0.478 e. The van der Waals surface area contributed by atoms with E-state index < -0.39 is 5.97 Å². The zero-order valence-corrected chi connectivity index (χ0v) is 13.2. The van der Waals surface area contributed by atoms with Crippen LogP contribution in [0.5, 0.6) is 0 Å². The number of carboxylic acids is 1. The van der Waals surface area contributed by atoms with E-state index in [1.54, 1.807) is 4.68 Å². The molecular weight excluding hydrogens is 264 g/mol. The molecule has 2 aromatic rings. The SMILES string of the molecule is Cc1ccc(-n2nc(C(C)C)c(C(=O)O)c2C(C)C)cc1. The summed E-state index contributed by atoms with van der Waals surface area (Å²) in [6.45, 7) is 9.96. The molecule has 0 radical (unpaired) electrons. The third-order valence-corrected chi connectivity index (χ3v) is 3.53. The molecule has 0 amide bonds. The van der Waals surface area contributed by atoms with Crippen molar-refractivity contribution in [2.75, 3.05) is 0 Å². The van der Waals surface area contributed by atoms with Crippen molar-refractivity contribution in [2.45, 2.75) is 46.5 Å². The summed E-state index contributed by atoms with van der Waals surface area (Å²) in [6, 6.07) is 7.97. The summed E-state index contributed by atoms with van der Waals surface area (Å²) in [7, 11) is 0. The van der Waals surface area contributed by atoms with Crippen molar-refractivity contribution in [3.63, 3.8) is 0 Å². The third kappa shape index (κ3) is 2.84. The van der Waals surface area contributed by atoms with Crippen LogP contribution in [0, 0.1) is 6.92 Å². The lowest BCUT2D eigenvalue weighted by atomic mass is 9.99. The molecule has 0 atom stereocenters. The van der Waals surface area contributed by atoms with E-state index >= 15 is 0 Å². The van der Waals surface area contributed by atoms with Gasteiger partial charge in [0, 0.05) is 0 Å². The standard InChI is InChI=1S/C17H22N2O2/c1-10(2)15-14(17(20)21)16(11(3)4)19(18-15)13-8-6-12(5)7-9-13/h6-11H,1-5H3,(H,20,21). The van der Waals surface area contributed by atoms with Gasteiger partial charge in [0.1, 0.15) is 5.56 Å². The lowest BCUT2D eigenvalue weighted by Gasteiger charge is -2.11. The topological polar surface area (TPSA) is 55.1 Å². The van der Waals surface area contributed by atoms with Crippen molar-refractivity contribution in [1.82, 2.24) is 9.78 Å². The zero-order chi connectivity index (χ0) is 15.7. The number of nitrogens with zero attached hydrogens (tertiary/aromatic N) is 2. The van der Waals surface area contributed by atoms with Gasteiger partial charge in [-0.05, 0) is 30.9 Å². The summed E-state index contributed by atoms with van der Waals surface area (Å²) in [5.74, 6) is -0.751. The van der Waals surface area contributed by atoms with Crippen LogP contribution in [0.1, 0.15) is 66.8 Å². The number of rotatable bonds is 4. The summed E-state index contributed by atoms with van der Waals surface area (Å²) < 4.78 is 1.78. The fraction of sp³-hybridized carbons (Fsp3) is 0.412. The van der Waals surface area contributed by atoms with Gasteiger partial charge in [-0.25, -0.2) is 9.48 Å². The molecule has 0 aliphatic rings. The monoisotopic (exact) mass is 286 g/mol. The summed E-state index contributed by atoms with van der Waals surface area (Å²) in [4.78, 5) is 11.7. The Morgan fingerprint density at radius 2 is 1.67 bits per heavy atom. The Kier molecular flexibility index (Phi) is 4.16. The van der Waals surface area contributed by atoms with Gasteiger partial charge in [-0.15, -0.1) is 0 Å². The molecule has 21 heavy (non-hydrogen) atoms. The Balaban J connectivity index is 2.73. The first-order valence-corrected chi connectivity index (χ1v) is 7.26. The fourth-order valence-electron chi connectivity index (χ4n) is 2.49. The minimum absolute atomic E-state index is 0.0697. The smallest absolute Gasteiger partial charge is 0.339 e. The van der Waals surface area contributed by atoms with Crippen LogP contribution >= 0.6 is 0 Å². The number of hydrogen-bond acceptors (Lipinski definition) is 2. The number of carboxylic acid groups (broad SMARTS) is 1. The quantitative estimate of drug-likeness (QED) is 0.919. The first-order valence-electron chi connectivity index (χ1n) is 7.26. The highest BCUT2D eigenvalue weighted by molar-refractivity contribution is 5.91. The molecule has 0 bridgehead atoms. The van der Waals surface area contributed by atoms with E-state index in [2.05, 4.69) is 5.10 Å². The van der Waals surface area contributed by atoms with Crippen molar-refractivity contribution in [2.24, 2.45) is 0 Å². The summed E-state index contributed by atoms with van der Waals surface area (Å²) in [6.07, 6.45) is 0. The van der Waals surface area contributed by atoms with E-state index in [-0.39, 0.29) is 11.8 Å². The van der Waals surface area contributed by atoms with Gasteiger partial charge in [0.05, 0.1) is 17.1 Å². The van der Waals surface area contributed by atoms with Crippen molar-refractivity contribution >= 4 is 5.97 Å². The molecular formula is C17H22N2O2. The summed E-state index contributed by atoms with van der Waals surface area (Å²) >= 11 is 0. The van der Waals surface area contributed by atoms with Crippen molar-refractivity contribution in [3.8, 4) is 5.69 Å². The van der Waals surface area contributed by atoms with Crippen molar-refractivity contribution in [3.05, 3.63) is 46.8 Å². The van der Waals surface area contributed by atoms with Crippen molar-refractivity contribution < 1.29 is 9.90 Å². The molecule has 1 N–H and O–H groups in total. The molecule has 0 saturated heterocycles. The van der Waals surface area contributed by atoms with Crippen LogP contribution in [-0.2, 0) is 0 Å². The average molecular weight is 286 g/mol. The van der Waals surface area contributed by atoms with E-state index in [9.17, 15) is 9.90 Å². The number of aryl methyl sites for hydroxylation is 1. The third-order valence-electron chi connectivity index (χ3n) is 3.53. The Morgan fingerprint density at radius 1 is 1.10 bits per heavy atom. The maximum absolute atomic E-state index is 11.7. The van der Waals surface area contributed by atoms with Gasteiger partial charge in [-0.2, -0.15) is 5.10 Å². The molecule has 0 aliphatic carbocycles. The Hall–Kier alpha value is -2.10. The molecule has 4 nitrogen and oxygen atoms in total. The molecule has 1 heterocycles. The van der Waals surface area contributed by atoms with Gasteiger partial charge < -0.3 is 5.11 Å². The second-order valence-electron chi connectivity index (χ2n) is 6.01. The Bertz CT molecular complexity index is 652. The number of aromatic carboxylic acids is 1. The second-order valence-corrected chi connectivity index (χ2v) is 6.01. The number of hydrogen-bond donors (Lipinski definition) is 1. The summed E-state index contributed by atoms with van der Waals surface area (Å²) in [5, 5.41) is 14.2. The zero-order valence-electron chi connectivity index (χ0n) is 13.2. The maximum Gasteiger partial charge on any atom is 0.339 e. The minimum atomic E-state index is -0.902. The lowest BCUT2D eigenvalue weighted by Crippen LogP contribution is -2.08. The predicted molar refractivity (Wildman–Crippen MR) is 83.4 cm³/mol. The number of aromatic nitrogens is 2. The van der Waals surface area contributed by atoms with Gasteiger partial charge in [-0.1, -0.05) is 45.4 Å². The maximum atomic E-state index is 11.7. The first kappa shape index (κ1) is 15.3. The highest BCUT2D eigenvalue weighted by atomic mass is 16.4. The van der Waals surface area contributed by atoms with E-state index in [1.165, 1.54) is 5.56 Å². The van der Waals surface area contributed by atoms with E-state index in [4.69, 9.17) is 0 Å². The van der Waals surface area contributed by atoms with Gasteiger partial charge in [0.2, 0.25) is 0 Å². The number of benzene rings is 1. The highest BCUT2D eigenvalue weighted by Gasteiger charge is 2.27. The molecule has 0 aliphatic heterocycles. The van der Waals surface area contributed by atoms with Crippen LogP contribution in [0.25, 0.3) is 5.69 Å². The molecule has 112 valence electrons. The van der Waals surface area contributed by atoms with Crippen LogP contribution in [-0.4, -0.2) is 20.9 Å². The van der Waals surface area contributed by atoms with E-state index in [1.807, 2.05) is 58.9 Å². The van der Waals surface area contributed by atoms with Crippen LogP contribution in [0.15, 0.2) is 24.3 Å². The average Bonchev–Trinajstić information content (AvgIpc) is 2.80. The molecule has 1 aromatic carbocycles. The van der Waals surface area contributed by atoms with Gasteiger partial charge in [0.25, 0.3) is 0 Å². The van der Waals surface area contributed by atoms with Gasteiger partial charge in [-0.3, -0.25) is 0 Å². The van der Waals surface area contributed by atoms with Crippen molar-refractivity contribution in [1.29, 1.82) is 0 Å². The molecule has 1 aromatic heterocycles. The molecule has 0 unspecified atom stereocenters. The molecule has 2 rings (SSSR count). The normalized spacial score (nSPS) is 11.4. The van der Waals surface area contributed by atoms with Gasteiger partial charge >= 0.3 is 5.97 Å². The molecule has 0 fully saturated rings. The van der Waals surface area contributed by atoms with Crippen LogP contribution in [0.3, 0.4) is 0 Å². The Morgan fingerprint density at radius 3 is 2.10 bits per heavy atom. The van der Waals surface area contributed by atoms with Gasteiger partial charge in [0.15, 0.2) is 0 Å². The van der Waals surface area contributed by atoms with E-state index in [0.717, 1.165) is 11.4 Å². The highest BCUT2D eigenvalue weighted by Crippen LogP contribution is 2.29. The predicted octanol–water partition coefficient (Wildman–Crippen LogP) is 4.13. The second kappa shape index (κ2) is 5.72. The Labute approximate surface area is 125 Å². The lowest BCUT2D eigenvalue weighted by molar-refractivity contribution is 0.0693.